The van der Waals surface area contributed by atoms with E-state index in [0.717, 1.165) is 61.6 Å². The summed E-state index contributed by atoms with van der Waals surface area (Å²) in [6.07, 6.45) is 5.68. The summed E-state index contributed by atoms with van der Waals surface area (Å²) in [5.41, 5.74) is 2.19. The molecule has 0 unspecified atom stereocenters. The van der Waals surface area contributed by atoms with Gasteiger partial charge in [-0.3, -0.25) is 9.69 Å². The van der Waals surface area contributed by atoms with Gasteiger partial charge in [0.25, 0.3) is 0 Å². The number of piperidine rings is 1. The summed E-state index contributed by atoms with van der Waals surface area (Å²) in [6.45, 7) is 3.05. The Morgan fingerprint density at radius 2 is 2.03 bits per heavy atom. The van der Waals surface area contributed by atoms with Crippen LogP contribution in [0.3, 0.4) is 0 Å². The van der Waals surface area contributed by atoms with E-state index in [0.29, 0.717) is 25.2 Å². The molecule has 0 spiro atoms. The molecule has 1 atom stereocenters. The Balaban J connectivity index is 1.32. The lowest BCUT2D eigenvalue weighted by Gasteiger charge is -2.32. The molecule has 168 valence electrons. The van der Waals surface area contributed by atoms with Gasteiger partial charge in [0.05, 0.1) is 12.2 Å². The topological polar surface area (TPSA) is 63.1 Å². The number of hydrogen-bond acceptors (Lipinski definition) is 4. The van der Waals surface area contributed by atoms with Crippen molar-refractivity contribution in [2.75, 3.05) is 19.6 Å². The number of amides is 1. The molecule has 2 fully saturated rings. The number of halogens is 2. The molecule has 1 saturated heterocycles. The van der Waals surface area contributed by atoms with E-state index in [1.807, 2.05) is 16.8 Å². The van der Waals surface area contributed by atoms with Gasteiger partial charge in [0.1, 0.15) is 0 Å². The first-order chi connectivity index (χ1) is 15.6. The SMILES string of the molecule is O=C(NCCn1nc([C@@H]2CCCN(Cc3cccc(F)c3F)C2)c2cccnc21)C1CC1. The fourth-order valence-electron chi connectivity index (χ4n) is 4.60. The molecule has 2 aromatic heterocycles. The minimum atomic E-state index is -0.805. The molecule has 5 rings (SSSR count). The van der Waals surface area contributed by atoms with Crippen LogP contribution in [0.25, 0.3) is 11.0 Å². The van der Waals surface area contributed by atoms with Crippen molar-refractivity contribution in [1.82, 2.24) is 25.0 Å². The first kappa shape index (κ1) is 21.0. The molecular formula is C24H27F2N5O. The van der Waals surface area contributed by atoms with E-state index in [1.165, 1.54) is 0 Å². The normalized spacial score (nSPS) is 19.4. The van der Waals surface area contributed by atoms with Crippen molar-refractivity contribution >= 4 is 16.9 Å². The lowest BCUT2D eigenvalue weighted by Crippen LogP contribution is -2.34. The molecular weight excluding hydrogens is 412 g/mol. The highest BCUT2D eigenvalue weighted by Crippen LogP contribution is 2.32. The first-order valence-electron chi connectivity index (χ1n) is 11.3. The second kappa shape index (κ2) is 8.94. The van der Waals surface area contributed by atoms with Crippen LogP contribution in [-0.4, -0.2) is 45.2 Å². The van der Waals surface area contributed by atoms with Gasteiger partial charge >= 0.3 is 0 Å². The maximum atomic E-state index is 14.2. The Kier molecular flexibility index (Phi) is 5.87. The summed E-state index contributed by atoms with van der Waals surface area (Å²) in [5.74, 6) is -1.06. The van der Waals surface area contributed by atoms with Crippen LogP contribution in [0.5, 0.6) is 0 Å². The molecule has 8 heteroatoms. The summed E-state index contributed by atoms with van der Waals surface area (Å²) in [4.78, 5) is 18.6. The van der Waals surface area contributed by atoms with Gasteiger partial charge in [0, 0.05) is 48.6 Å². The minimum Gasteiger partial charge on any atom is -0.354 e. The largest absolute Gasteiger partial charge is 0.354 e. The molecule has 6 nitrogen and oxygen atoms in total. The number of carbonyl (C=O) groups is 1. The molecule has 0 radical (unpaired) electrons. The minimum absolute atomic E-state index is 0.127. The molecule has 1 N–H and O–H groups in total. The van der Waals surface area contributed by atoms with E-state index in [2.05, 4.69) is 15.2 Å². The monoisotopic (exact) mass is 439 g/mol. The quantitative estimate of drug-likeness (QED) is 0.611. The van der Waals surface area contributed by atoms with Gasteiger partial charge in [-0.25, -0.2) is 18.4 Å². The third-order valence-corrected chi connectivity index (χ3v) is 6.42. The number of nitrogens with one attached hydrogen (secondary N) is 1. The fraction of sp³-hybridized carbons (Fsp3) is 0.458. The molecule has 0 bridgehead atoms. The zero-order valence-electron chi connectivity index (χ0n) is 17.9. The highest BCUT2D eigenvalue weighted by Gasteiger charge is 2.29. The average Bonchev–Trinajstić information content (AvgIpc) is 3.59. The molecule has 3 aromatic rings. The summed E-state index contributed by atoms with van der Waals surface area (Å²) >= 11 is 0. The molecule has 1 aliphatic carbocycles. The van der Waals surface area contributed by atoms with Gasteiger partial charge in [0.2, 0.25) is 5.91 Å². The number of hydrogen-bond donors (Lipinski definition) is 1. The van der Waals surface area contributed by atoms with Crippen LogP contribution in [0.15, 0.2) is 36.5 Å². The van der Waals surface area contributed by atoms with Crippen molar-refractivity contribution in [3.8, 4) is 0 Å². The molecule has 3 heterocycles. The highest BCUT2D eigenvalue weighted by atomic mass is 19.2. The first-order valence-corrected chi connectivity index (χ1v) is 11.3. The predicted octanol–water partition coefficient (Wildman–Crippen LogP) is 3.62. The molecule has 1 amide bonds. The average molecular weight is 440 g/mol. The van der Waals surface area contributed by atoms with Gasteiger partial charge < -0.3 is 5.32 Å². The van der Waals surface area contributed by atoms with Crippen molar-refractivity contribution < 1.29 is 13.6 Å². The number of aromatic nitrogens is 3. The summed E-state index contributed by atoms with van der Waals surface area (Å²) in [5, 5.41) is 8.89. The van der Waals surface area contributed by atoms with Crippen LogP contribution in [-0.2, 0) is 17.9 Å². The number of fused-ring (bicyclic) bond motifs is 1. The van der Waals surface area contributed by atoms with Crippen molar-refractivity contribution in [3.63, 3.8) is 0 Å². The number of carbonyl (C=O) groups excluding carboxylic acids is 1. The van der Waals surface area contributed by atoms with E-state index >= 15 is 0 Å². The van der Waals surface area contributed by atoms with Crippen molar-refractivity contribution in [3.05, 3.63) is 59.4 Å². The van der Waals surface area contributed by atoms with Crippen LogP contribution >= 0.6 is 0 Å². The van der Waals surface area contributed by atoms with E-state index in [1.54, 1.807) is 18.3 Å². The number of likely N-dealkylation sites (tertiary alicyclic amines) is 1. The third-order valence-electron chi connectivity index (χ3n) is 6.42. The van der Waals surface area contributed by atoms with Crippen LogP contribution in [0.4, 0.5) is 8.78 Å². The predicted molar refractivity (Wildman–Crippen MR) is 117 cm³/mol. The zero-order chi connectivity index (χ0) is 22.1. The van der Waals surface area contributed by atoms with Gasteiger partial charge in [0.15, 0.2) is 17.3 Å². The third kappa shape index (κ3) is 4.37. The van der Waals surface area contributed by atoms with E-state index in [9.17, 15) is 13.6 Å². The summed E-state index contributed by atoms with van der Waals surface area (Å²) in [7, 11) is 0. The van der Waals surface area contributed by atoms with Gasteiger partial charge in [-0.15, -0.1) is 0 Å². The molecule has 32 heavy (non-hydrogen) atoms. The standard InChI is InChI=1S/C24H27F2N5O/c25-20-7-1-4-17(21(20)26)14-30-12-3-5-18(15-30)22-19-6-2-10-27-23(19)31(29-22)13-11-28-24(32)16-8-9-16/h1-2,4,6-7,10,16,18H,3,5,8-9,11-15H2,(H,28,32)/t18-/m1/s1. The van der Waals surface area contributed by atoms with Gasteiger partial charge in [-0.2, -0.15) is 5.10 Å². The second-order valence-electron chi connectivity index (χ2n) is 8.84. The maximum absolute atomic E-state index is 14.2. The Bertz CT molecular complexity index is 1130. The molecule has 1 aliphatic heterocycles. The van der Waals surface area contributed by atoms with Crippen LogP contribution < -0.4 is 5.32 Å². The maximum Gasteiger partial charge on any atom is 0.223 e. The smallest absolute Gasteiger partial charge is 0.223 e. The lowest BCUT2D eigenvalue weighted by atomic mass is 9.93. The van der Waals surface area contributed by atoms with E-state index in [-0.39, 0.29) is 17.7 Å². The lowest BCUT2D eigenvalue weighted by molar-refractivity contribution is -0.122. The number of rotatable bonds is 7. The van der Waals surface area contributed by atoms with Crippen LogP contribution in [0, 0.1) is 17.6 Å². The highest BCUT2D eigenvalue weighted by molar-refractivity contribution is 5.81. The molecule has 1 aromatic carbocycles. The number of nitrogens with zero attached hydrogens (tertiary/aromatic N) is 4. The van der Waals surface area contributed by atoms with E-state index < -0.39 is 11.6 Å². The van der Waals surface area contributed by atoms with Crippen LogP contribution in [0.2, 0.25) is 0 Å². The van der Waals surface area contributed by atoms with Crippen molar-refractivity contribution in [1.29, 1.82) is 0 Å². The molecule has 1 saturated carbocycles. The Morgan fingerprint density at radius 1 is 1.16 bits per heavy atom. The second-order valence-corrected chi connectivity index (χ2v) is 8.84. The molecule has 2 aliphatic rings. The Labute approximate surface area is 185 Å². The van der Waals surface area contributed by atoms with Crippen molar-refractivity contribution in [2.45, 2.75) is 44.7 Å². The Hall–Kier alpha value is -2.87. The van der Waals surface area contributed by atoms with Crippen LogP contribution in [0.1, 0.15) is 42.9 Å². The summed E-state index contributed by atoms with van der Waals surface area (Å²) in [6, 6.07) is 8.30. The van der Waals surface area contributed by atoms with Gasteiger partial charge in [-0.1, -0.05) is 12.1 Å². The van der Waals surface area contributed by atoms with E-state index in [4.69, 9.17) is 5.10 Å². The van der Waals surface area contributed by atoms with Gasteiger partial charge in [-0.05, 0) is 50.4 Å². The zero-order valence-corrected chi connectivity index (χ0v) is 17.9. The number of benzene rings is 1. The number of pyridine rings is 1. The summed E-state index contributed by atoms with van der Waals surface area (Å²) < 4.78 is 29.7. The van der Waals surface area contributed by atoms with Crippen molar-refractivity contribution in [2.24, 2.45) is 5.92 Å². The Morgan fingerprint density at radius 3 is 2.88 bits per heavy atom. The fourth-order valence-corrected chi connectivity index (χ4v) is 4.60.